The summed E-state index contributed by atoms with van der Waals surface area (Å²) in [5.74, 6) is 0.138. The maximum absolute atomic E-state index is 13.4. The van der Waals surface area contributed by atoms with E-state index in [2.05, 4.69) is 78.1 Å². The first-order chi connectivity index (χ1) is 14.3. The van der Waals surface area contributed by atoms with Crippen LogP contribution in [0.1, 0.15) is 49.7 Å². The maximum Gasteiger partial charge on any atom is 0.252 e. The average Bonchev–Trinajstić information content (AvgIpc) is 2.80. The van der Waals surface area contributed by atoms with E-state index in [-0.39, 0.29) is 11.8 Å². The Labute approximate surface area is 169 Å². The molecule has 138 valence electrons. The topological polar surface area (TPSA) is 29.1 Å². The lowest BCUT2D eigenvalue weighted by Crippen LogP contribution is -2.54. The minimum absolute atomic E-state index is 0.0645. The molecule has 3 aliphatic carbocycles. The van der Waals surface area contributed by atoms with Gasteiger partial charge in [0.05, 0.1) is 0 Å². The van der Waals surface area contributed by atoms with E-state index in [9.17, 15) is 4.79 Å². The number of rotatable bonds is 2. The lowest BCUT2D eigenvalue weighted by atomic mass is 9.57. The molecule has 0 fully saturated rings. The summed E-state index contributed by atoms with van der Waals surface area (Å²) in [7, 11) is 0. The Hall–Kier alpha value is -3.65. The van der Waals surface area contributed by atoms with Gasteiger partial charge < -0.3 is 5.32 Å². The predicted octanol–water partition coefficient (Wildman–Crippen LogP) is 5.22. The van der Waals surface area contributed by atoms with Crippen LogP contribution in [-0.2, 0) is 5.54 Å². The lowest BCUT2D eigenvalue weighted by molar-refractivity contribution is 0.0922. The third-order valence-corrected chi connectivity index (χ3v) is 6.36. The molecule has 1 amide bonds. The Kier molecular flexibility index (Phi) is 3.33. The highest BCUT2D eigenvalue weighted by molar-refractivity contribution is 5.96. The summed E-state index contributed by atoms with van der Waals surface area (Å²) in [6, 6.07) is 35.1. The molecular formula is C27H19NO. The Morgan fingerprint density at radius 2 is 1.00 bits per heavy atom. The molecule has 2 bridgehead atoms. The molecule has 4 aromatic rings. The predicted molar refractivity (Wildman–Crippen MR) is 114 cm³/mol. The fourth-order valence-corrected chi connectivity index (χ4v) is 5.24. The monoisotopic (exact) mass is 373 g/mol. The van der Waals surface area contributed by atoms with Gasteiger partial charge in [-0.15, -0.1) is 0 Å². The van der Waals surface area contributed by atoms with E-state index >= 15 is 0 Å². The number of carbonyl (C=O) groups excluding carboxylic acids is 1. The molecule has 0 radical (unpaired) electrons. The molecule has 0 heterocycles. The number of hydrogen-bond donors (Lipinski definition) is 1. The van der Waals surface area contributed by atoms with Gasteiger partial charge in [-0.25, -0.2) is 0 Å². The van der Waals surface area contributed by atoms with E-state index in [1.165, 1.54) is 33.4 Å². The standard InChI is InChI=1S/C27H19NO/c29-26(18-10-2-1-3-11-18)28-27-22-15-7-4-12-19(22)25(20-13-5-8-16-23(20)27)21-14-6-9-17-24(21)27/h1-17,25H,(H,28,29). The second-order valence-electron chi connectivity index (χ2n) is 7.76. The zero-order chi connectivity index (χ0) is 19.4. The molecule has 0 aliphatic heterocycles. The van der Waals surface area contributed by atoms with Crippen molar-refractivity contribution in [2.24, 2.45) is 0 Å². The molecular weight excluding hydrogens is 354 g/mol. The minimum atomic E-state index is -0.689. The van der Waals surface area contributed by atoms with Gasteiger partial charge in [-0.05, 0) is 45.5 Å². The van der Waals surface area contributed by atoms with Crippen LogP contribution in [0.5, 0.6) is 0 Å². The summed E-state index contributed by atoms with van der Waals surface area (Å²) in [5.41, 5.74) is 7.33. The van der Waals surface area contributed by atoms with Crippen molar-refractivity contribution in [3.63, 3.8) is 0 Å². The van der Waals surface area contributed by atoms with E-state index in [0.717, 1.165) is 0 Å². The van der Waals surface area contributed by atoms with Crippen LogP contribution in [0.15, 0.2) is 103 Å². The van der Waals surface area contributed by atoms with Crippen LogP contribution in [0.4, 0.5) is 0 Å². The van der Waals surface area contributed by atoms with E-state index < -0.39 is 5.54 Å². The highest BCUT2D eigenvalue weighted by Gasteiger charge is 2.52. The average molecular weight is 373 g/mol. The molecule has 3 aliphatic rings. The molecule has 0 saturated heterocycles. The normalized spacial score (nSPS) is 20.3. The molecule has 2 nitrogen and oxygen atoms in total. The van der Waals surface area contributed by atoms with Gasteiger partial charge in [0.1, 0.15) is 5.54 Å². The van der Waals surface area contributed by atoms with Crippen molar-refractivity contribution in [1.29, 1.82) is 0 Å². The van der Waals surface area contributed by atoms with Gasteiger partial charge in [-0.1, -0.05) is 91.0 Å². The number of benzene rings is 4. The van der Waals surface area contributed by atoms with Crippen LogP contribution in [0.2, 0.25) is 0 Å². The first-order valence-corrected chi connectivity index (χ1v) is 9.96. The summed E-state index contributed by atoms with van der Waals surface area (Å²) in [6.07, 6.45) is 0. The number of hydrogen-bond acceptors (Lipinski definition) is 1. The van der Waals surface area contributed by atoms with Crippen LogP contribution < -0.4 is 5.32 Å². The molecule has 4 aromatic carbocycles. The van der Waals surface area contributed by atoms with E-state index in [4.69, 9.17) is 0 Å². The minimum Gasteiger partial charge on any atom is -0.334 e. The van der Waals surface area contributed by atoms with Gasteiger partial charge in [0.25, 0.3) is 5.91 Å². The first kappa shape index (κ1) is 16.3. The number of carbonyl (C=O) groups is 1. The highest BCUT2D eigenvalue weighted by Crippen LogP contribution is 2.57. The van der Waals surface area contributed by atoms with Crippen molar-refractivity contribution < 1.29 is 4.79 Å². The van der Waals surface area contributed by atoms with Crippen LogP contribution in [0, 0.1) is 0 Å². The largest absolute Gasteiger partial charge is 0.334 e. The molecule has 0 spiro atoms. The molecule has 0 saturated carbocycles. The van der Waals surface area contributed by atoms with Crippen LogP contribution in [-0.4, -0.2) is 5.91 Å². The summed E-state index contributed by atoms with van der Waals surface area (Å²) in [6.45, 7) is 0. The quantitative estimate of drug-likeness (QED) is 0.513. The van der Waals surface area contributed by atoms with Crippen molar-refractivity contribution >= 4 is 5.91 Å². The summed E-state index contributed by atoms with van der Waals surface area (Å²) in [4.78, 5) is 13.4. The molecule has 0 aromatic heterocycles. The summed E-state index contributed by atoms with van der Waals surface area (Å²) < 4.78 is 0. The van der Waals surface area contributed by atoms with Gasteiger partial charge in [-0.2, -0.15) is 0 Å². The Bertz CT molecular complexity index is 1140. The van der Waals surface area contributed by atoms with Crippen molar-refractivity contribution in [3.05, 3.63) is 142 Å². The third kappa shape index (κ3) is 2.09. The van der Waals surface area contributed by atoms with Gasteiger partial charge >= 0.3 is 0 Å². The third-order valence-electron chi connectivity index (χ3n) is 6.36. The van der Waals surface area contributed by atoms with Crippen LogP contribution in [0.25, 0.3) is 0 Å². The maximum atomic E-state index is 13.4. The Morgan fingerprint density at radius 1 is 0.586 bits per heavy atom. The van der Waals surface area contributed by atoms with Crippen LogP contribution in [0.3, 0.4) is 0 Å². The fourth-order valence-electron chi connectivity index (χ4n) is 5.24. The van der Waals surface area contributed by atoms with E-state index in [1.54, 1.807) is 0 Å². The molecule has 7 rings (SSSR count). The van der Waals surface area contributed by atoms with Crippen LogP contribution >= 0.6 is 0 Å². The first-order valence-electron chi connectivity index (χ1n) is 9.96. The molecule has 0 atom stereocenters. The van der Waals surface area contributed by atoms with Gasteiger partial charge in [0, 0.05) is 11.5 Å². The van der Waals surface area contributed by atoms with Crippen molar-refractivity contribution in [2.45, 2.75) is 11.5 Å². The van der Waals surface area contributed by atoms with Gasteiger partial charge in [-0.3, -0.25) is 4.79 Å². The Morgan fingerprint density at radius 3 is 1.48 bits per heavy atom. The SMILES string of the molecule is O=C(NC12c3ccccc3C(c3ccccc31)c1ccccc12)c1ccccc1. The lowest BCUT2D eigenvalue weighted by Gasteiger charge is -2.50. The fraction of sp³-hybridized carbons (Fsp3) is 0.0741. The zero-order valence-corrected chi connectivity index (χ0v) is 15.8. The van der Waals surface area contributed by atoms with E-state index in [1.807, 2.05) is 30.3 Å². The van der Waals surface area contributed by atoms with Crippen molar-refractivity contribution in [2.75, 3.05) is 0 Å². The van der Waals surface area contributed by atoms with Gasteiger partial charge in [0.15, 0.2) is 0 Å². The second-order valence-corrected chi connectivity index (χ2v) is 7.76. The van der Waals surface area contributed by atoms with E-state index in [0.29, 0.717) is 5.56 Å². The van der Waals surface area contributed by atoms with Crippen molar-refractivity contribution in [1.82, 2.24) is 5.32 Å². The molecule has 1 N–H and O–H groups in total. The highest BCUT2D eigenvalue weighted by atomic mass is 16.1. The number of nitrogens with one attached hydrogen (secondary N) is 1. The Balaban J connectivity index is 1.67. The molecule has 0 unspecified atom stereocenters. The molecule has 2 heteroatoms. The van der Waals surface area contributed by atoms with Gasteiger partial charge in [0.2, 0.25) is 0 Å². The second kappa shape index (κ2) is 5.92. The summed E-state index contributed by atoms with van der Waals surface area (Å²) >= 11 is 0. The summed E-state index contributed by atoms with van der Waals surface area (Å²) in [5, 5.41) is 3.47. The zero-order valence-electron chi connectivity index (χ0n) is 15.8. The number of amides is 1. The van der Waals surface area contributed by atoms with Crippen molar-refractivity contribution in [3.8, 4) is 0 Å². The smallest absolute Gasteiger partial charge is 0.252 e. The molecule has 29 heavy (non-hydrogen) atoms.